The molecule has 0 heterocycles. The summed E-state index contributed by atoms with van der Waals surface area (Å²) in [6.45, 7) is 4.08. The molecule has 0 bridgehead atoms. The lowest BCUT2D eigenvalue weighted by molar-refractivity contribution is -0.385. The molecular weight excluding hydrogens is 394 g/mol. The van der Waals surface area contributed by atoms with Crippen molar-refractivity contribution in [3.8, 4) is 5.75 Å². The highest BCUT2D eigenvalue weighted by Gasteiger charge is 2.22. The molecule has 158 valence electrons. The van der Waals surface area contributed by atoms with E-state index in [9.17, 15) is 14.9 Å². The third-order valence-electron chi connectivity index (χ3n) is 4.97. The molecule has 0 aliphatic carbocycles. The molecule has 1 N–H and O–H groups in total. The lowest BCUT2D eigenvalue weighted by atomic mass is 9.78. The Labute approximate surface area is 180 Å². The summed E-state index contributed by atoms with van der Waals surface area (Å²) in [6.07, 6.45) is 1.23. The predicted octanol–water partition coefficient (Wildman–Crippen LogP) is 4.45. The predicted molar refractivity (Wildman–Crippen MR) is 119 cm³/mol. The van der Waals surface area contributed by atoms with Gasteiger partial charge in [-0.1, -0.05) is 68.4 Å². The molecule has 0 saturated carbocycles. The van der Waals surface area contributed by atoms with Crippen LogP contribution in [0, 0.1) is 10.1 Å². The number of benzene rings is 3. The number of carbonyl (C=O) groups is 1. The van der Waals surface area contributed by atoms with Crippen LogP contribution in [0.3, 0.4) is 0 Å². The van der Waals surface area contributed by atoms with Crippen LogP contribution >= 0.6 is 0 Å². The van der Waals surface area contributed by atoms with Crippen molar-refractivity contribution in [3.05, 3.63) is 106 Å². The number of rotatable bonds is 8. The van der Waals surface area contributed by atoms with Crippen molar-refractivity contribution < 1.29 is 14.5 Å². The van der Waals surface area contributed by atoms with E-state index in [2.05, 4.69) is 36.5 Å². The Balaban J connectivity index is 1.55. The molecule has 3 aromatic rings. The summed E-state index contributed by atoms with van der Waals surface area (Å²) in [5.74, 6) is 0.0916. The molecule has 0 saturated heterocycles. The van der Waals surface area contributed by atoms with Crippen molar-refractivity contribution in [2.75, 3.05) is 6.61 Å². The lowest BCUT2D eigenvalue weighted by Gasteiger charge is -2.26. The number of hydrazone groups is 1. The maximum atomic E-state index is 12.0. The first-order chi connectivity index (χ1) is 14.9. The normalized spacial score (nSPS) is 11.3. The summed E-state index contributed by atoms with van der Waals surface area (Å²) in [5, 5.41) is 14.7. The molecule has 0 atom stereocenters. The summed E-state index contributed by atoms with van der Waals surface area (Å²) in [7, 11) is 0. The van der Waals surface area contributed by atoms with E-state index in [1.54, 1.807) is 18.2 Å². The molecule has 0 spiro atoms. The fourth-order valence-electron chi connectivity index (χ4n) is 3.11. The smallest absolute Gasteiger partial charge is 0.278 e. The second-order valence-corrected chi connectivity index (χ2v) is 7.41. The van der Waals surface area contributed by atoms with Gasteiger partial charge < -0.3 is 4.74 Å². The Kier molecular flexibility index (Phi) is 6.77. The van der Waals surface area contributed by atoms with Crippen molar-refractivity contribution in [1.29, 1.82) is 0 Å². The summed E-state index contributed by atoms with van der Waals surface area (Å²) in [5.41, 5.74) is 4.69. The van der Waals surface area contributed by atoms with E-state index in [4.69, 9.17) is 4.74 Å². The molecule has 0 aromatic heterocycles. The van der Waals surface area contributed by atoms with Crippen LogP contribution < -0.4 is 10.2 Å². The molecule has 3 rings (SSSR count). The van der Waals surface area contributed by atoms with Gasteiger partial charge in [0.2, 0.25) is 0 Å². The first-order valence-corrected chi connectivity index (χ1v) is 9.72. The number of nitrogens with zero attached hydrogens (tertiary/aromatic N) is 2. The number of nitrogens with one attached hydrogen (secondary N) is 1. The molecule has 1 amide bonds. The van der Waals surface area contributed by atoms with Gasteiger partial charge in [0.25, 0.3) is 11.6 Å². The largest absolute Gasteiger partial charge is 0.484 e. The number of carbonyl (C=O) groups excluding carboxylic acids is 1. The molecule has 31 heavy (non-hydrogen) atoms. The summed E-state index contributed by atoms with van der Waals surface area (Å²) in [4.78, 5) is 22.4. The minimum atomic E-state index is -0.505. The highest BCUT2D eigenvalue weighted by atomic mass is 16.6. The van der Waals surface area contributed by atoms with E-state index in [0.717, 1.165) is 5.56 Å². The molecule has 0 radical (unpaired) electrons. The Hall–Kier alpha value is -4.00. The number of amides is 1. The van der Waals surface area contributed by atoms with Crippen LogP contribution in [0.25, 0.3) is 0 Å². The van der Waals surface area contributed by atoms with Gasteiger partial charge in [0, 0.05) is 11.5 Å². The number of para-hydroxylation sites is 1. The number of nitro groups is 1. The minimum absolute atomic E-state index is 0.0877. The van der Waals surface area contributed by atoms with E-state index in [1.807, 2.05) is 42.5 Å². The molecule has 0 aliphatic heterocycles. The Morgan fingerprint density at radius 3 is 2.29 bits per heavy atom. The quantitative estimate of drug-likeness (QED) is 0.333. The third-order valence-corrected chi connectivity index (χ3v) is 4.97. The van der Waals surface area contributed by atoms with E-state index < -0.39 is 10.8 Å². The average Bonchev–Trinajstić information content (AvgIpc) is 2.79. The van der Waals surface area contributed by atoms with E-state index in [0.29, 0.717) is 11.3 Å². The van der Waals surface area contributed by atoms with Crippen molar-refractivity contribution in [2.45, 2.75) is 19.3 Å². The van der Waals surface area contributed by atoms with E-state index >= 15 is 0 Å². The van der Waals surface area contributed by atoms with Gasteiger partial charge in [-0.25, -0.2) is 5.43 Å². The van der Waals surface area contributed by atoms with Crippen LogP contribution in [0.5, 0.6) is 5.75 Å². The second kappa shape index (κ2) is 9.67. The first kappa shape index (κ1) is 21.7. The highest BCUT2D eigenvalue weighted by Crippen LogP contribution is 2.32. The zero-order chi connectivity index (χ0) is 22.3. The summed E-state index contributed by atoms with van der Waals surface area (Å²) < 4.78 is 5.51. The number of hydrogen-bond acceptors (Lipinski definition) is 5. The van der Waals surface area contributed by atoms with Crippen LogP contribution in [-0.4, -0.2) is 23.7 Å². The summed E-state index contributed by atoms with van der Waals surface area (Å²) >= 11 is 0. The van der Waals surface area contributed by atoms with Crippen LogP contribution in [0.15, 0.2) is 84.0 Å². The van der Waals surface area contributed by atoms with Gasteiger partial charge in [-0.2, -0.15) is 5.10 Å². The minimum Gasteiger partial charge on any atom is -0.484 e. The molecule has 7 nitrogen and oxygen atoms in total. The van der Waals surface area contributed by atoms with Gasteiger partial charge in [0.15, 0.2) is 6.61 Å². The van der Waals surface area contributed by atoms with Crippen molar-refractivity contribution in [1.82, 2.24) is 5.43 Å². The van der Waals surface area contributed by atoms with Gasteiger partial charge in [0.05, 0.1) is 16.7 Å². The van der Waals surface area contributed by atoms with Crippen LogP contribution in [0.1, 0.15) is 30.5 Å². The van der Waals surface area contributed by atoms with Crippen molar-refractivity contribution in [2.24, 2.45) is 5.10 Å². The maximum absolute atomic E-state index is 12.0. The van der Waals surface area contributed by atoms with Gasteiger partial charge in [-0.05, 0) is 29.3 Å². The number of nitro benzene ring substituents is 1. The maximum Gasteiger partial charge on any atom is 0.278 e. The highest BCUT2D eigenvalue weighted by molar-refractivity contribution is 5.86. The monoisotopic (exact) mass is 417 g/mol. The van der Waals surface area contributed by atoms with E-state index in [-0.39, 0.29) is 17.7 Å². The fraction of sp³-hybridized carbons (Fsp3) is 0.167. The van der Waals surface area contributed by atoms with Gasteiger partial charge in [-0.3, -0.25) is 14.9 Å². The van der Waals surface area contributed by atoms with Gasteiger partial charge >= 0.3 is 0 Å². The van der Waals surface area contributed by atoms with Crippen LogP contribution in [0.2, 0.25) is 0 Å². The van der Waals surface area contributed by atoms with Crippen molar-refractivity contribution in [3.63, 3.8) is 0 Å². The third kappa shape index (κ3) is 5.54. The van der Waals surface area contributed by atoms with Crippen LogP contribution in [-0.2, 0) is 10.2 Å². The Morgan fingerprint density at radius 2 is 1.61 bits per heavy atom. The van der Waals surface area contributed by atoms with E-state index in [1.165, 1.54) is 17.8 Å². The van der Waals surface area contributed by atoms with Gasteiger partial charge in [-0.15, -0.1) is 0 Å². The topological polar surface area (TPSA) is 93.8 Å². The summed E-state index contributed by atoms with van der Waals surface area (Å²) in [6, 6.07) is 24.0. The molecule has 0 aliphatic rings. The number of hydrogen-bond donors (Lipinski definition) is 1. The number of ether oxygens (including phenoxy) is 1. The molecule has 0 unspecified atom stereocenters. The fourth-order valence-corrected chi connectivity index (χ4v) is 3.11. The molecule has 3 aromatic carbocycles. The first-order valence-electron chi connectivity index (χ1n) is 9.72. The van der Waals surface area contributed by atoms with Crippen LogP contribution in [0.4, 0.5) is 5.69 Å². The zero-order valence-corrected chi connectivity index (χ0v) is 17.3. The Morgan fingerprint density at radius 1 is 1.00 bits per heavy atom. The van der Waals surface area contributed by atoms with Gasteiger partial charge in [0.1, 0.15) is 5.75 Å². The zero-order valence-electron chi connectivity index (χ0n) is 17.3. The molecular formula is C24H23N3O4. The molecule has 0 fully saturated rings. The van der Waals surface area contributed by atoms with Crippen molar-refractivity contribution >= 4 is 17.8 Å². The SMILES string of the molecule is CC(C)(c1ccccc1)c1ccc(OCC(=O)N/N=C/c2ccccc2[N+](=O)[O-])cc1. The lowest BCUT2D eigenvalue weighted by Crippen LogP contribution is -2.24. The average molecular weight is 417 g/mol. The Bertz CT molecular complexity index is 1080. The standard InChI is InChI=1S/C24H23N3O4/c1-24(2,19-9-4-3-5-10-19)20-12-14-21(15-13-20)31-17-23(28)26-25-16-18-8-6-7-11-22(18)27(29)30/h3-16H,17H2,1-2H3,(H,26,28)/b25-16+. The molecule has 7 heteroatoms. The second-order valence-electron chi connectivity index (χ2n) is 7.41.